The van der Waals surface area contributed by atoms with Crippen LogP contribution in [0.2, 0.25) is 0 Å². The van der Waals surface area contributed by atoms with Gasteiger partial charge in [0, 0.05) is 18.7 Å². The molecule has 98 valence electrons. The topological polar surface area (TPSA) is 79.5 Å². The summed E-state index contributed by atoms with van der Waals surface area (Å²) in [5.41, 5.74) is 3.06. The number of rotatable bonds is 1. The Morgan fingerprint density at radius 1 is 1.44 bits per heavy atom. The van der Waals surface area contributed by atoms with Crippen molar-refractivity contribution in [2.45, 2.75) is 19.3 Å². The van der Waals surface area contributed by atoms with E-state index in [1.54, 1.807) is 11.9 Å². The molecule has 2 heterocycles. The molecule has 0 aromatic carbocycles. The van der Waals surface area contributed by atoms with E-state index in [0.29, 0.717) is 0 Å². The number of pyridine rings is 1. The number of carboxylic acid groups (broad SMARTS) is 1. The van der Waals surface area contributed by atoms with E-state index < -0.39 is 29.1 Å². The van der Waals surface area contributed by atoms with E-state index in [0.717, 1.165) is 0 Å². The molecule has 1 aliphatic rings. The van der Waals surface area contributed by atoms with Gasteiger partial charge in [-0.25, -0.2) is 9.78 Å². The summed E-state index contributed by atoms with van der Waals surface area (Å²) in [5.74, 6) is -1.47. The summed E-state index contributed by atoms with van der Waals surface area (Å²) >= 11 is 0. The number of hydrogen-bond acceptors (Lipinski definition) is 4. The predicted octanol–water partition coefficient (Wildman–Crippen LogP) is 1.33. The number of nitrogens with zero attached hydrogens (tertiary/aromatic N) is 2. The van der Waals surface area contributed by atoms with Gasteiger partial charge in [0.25, 0.3) is 0 Å². The van der Waals surface area contributed by atoms with Crippen molar-refractivity contribution in [1.29, 1.82) is 0 Å². The molecule has 8 heteroatoms. The highest BCUT2D eigenvalue weighted by molar-refractivity contribution is 5.96. The molecule has 0 unspecified atom stereocenters. The summed E-state index contributed by atoms with van der Waals surface area (Å²) in [5, 5.41) is 9.01. The zero-order chi connectivity index (χ0) is 13.7. The van der Waals surface area contributed by atoms with Gasteiger partial charge in [0.15, 0.2) is 5.69 Å². The number of aromatic nitrogens is 1. The van der Waals surface area contributed by atoms with Crippen LogP contribution in [-0.4, -0.2) is 28.0 Å². The van der Waals surface area contributed by atoms with Gasteiger partial charge < -0.3 is 10.8 Å². The summed E-state index contributed by atoms with van der Waals surface area (Å²) in [6.07, 6.45) is -4.76. The highest BCUT2D eigenvalue weighted by Gasteiger charge is 2.39. The first kappa shape index (κ1) is 12.6. The van der Waals surface area contributed by atoms with Gasteiger partial charge in [0.05, 0.1) is 16.9 Å². The van der Waals surface area contributed by atoms with Crippen molar-refractivity contribution < 1.29 is 23.1 Å². The van der Waals surface area contributed by atoms with E-state index in [2.05, 4.69) is 4.98 Å². The first-order valence-corrected chi connectivity index (χ1v) is 5.02. The van der Waals surface area contributed by atoms with Gasteiger partial charge in [-0.3, -0.25) is 4.90 Å². The van der Waals surface area contributed by atoms with Crippen LogP contribution >= 0.6 is 0 Å². The second kappa shape index (κ2) is 3.84. The molecule has 1 aromatic rings. The van der Waals surface area contributed by atoms with Crippen LogP contribution in [0.1, 0.15) is 27.3 Å². The molecule has 0 saturated carbocycles. The van der Waals surface area contributed by atoms with Gasteiger partial charge in [-0.1, -0.05) is 0 Å². The van der Waals surface area contributed by atoms with E-state index in [9.17, 15) is 18.0 Å². The number of carboxylic acids is 1. The van der Waals surface area contributed by atoms with E-state index in [1.165, 1.54) is 0 Å². The lowest BCUT2D eigenvalue weighted by molar-refractivity contribution is -0.140. The Morgan fingerprint density at radius 2 is 2.06 bits per heavy atom. The molecular weight excluding hydrogens is 251 g/mol. The minimum Gasteiger partial charge on any atom is -0.478 e. The maximum absolute atomic E-state index is 12.7. The molecule has 0 saturated heterocycles. The van der Waals surface area contributed by atoms with Gasteiger partial charge >= 0.3 is 12.1 Å². The third kappa shape index (κ3) is 1.88. The quantitative estimate of drug-likeness (QED) is 0.797. The Morgan fingerprint density at radius 3 is 2.56 bits per heavy atom. The molecule has 5 nitrogen and oxygen atoms in total. The average Bonchev–Trinajstić information content (AvgIpc) is 2.54. The summed E-state index contributed by atoms with van der Waals surface area (Å²) in [6.45, 7) is 0.408. The molecular formula is C10H10F3N3O2. The van der Waals surface area contributed by atoms with Crippen molar-refractivity contribution in [3.8, 4) is 0 Å². The van der Waals surface area contributed by atoms with Crippen molar-refractivity contribution in [3.05, 3.63) is 22.5 Å². The number of anilines is 1. The number of hydrogen-bond donors (Lipinski definition) is 2. The summed E-state index contributed by atoms with van der Waals surface area (Å²) in [6, 6.07) is 0. The van der Waals surface area contributed by atoms with Crippen molar-refractivity contribution in [2.75, 3.05) is 12.8 Å². The number of halogens is 3. The lowest BCUT2D eigenvalue weighted by Crippen LogP contribution is -2.18. The maximum Gasteiger partial charge on any atom is 0.435 e. The summed E-state index contributed by atoms with van der Waals surface area (Å²) < 4.78 is 38.1. The molecule has 0 bridgehead atoms. The van der Waals surface area contributed by atoms with E-state index in [4.69, 9.17) is 10.8 Å². The van der Waals surface area contributed by atoms with Gasteiger partial charge in [-0.05, 0) is 7.05 Å². The molecule has 1 aromatic heterocycles. The van der Waals surface area contributed by atoms with Gasteiger partial charge in [0.1, 0.15) is 0 Å². The van der Waals surface area contributed by atoms with Crippen LogP contribution in [0.5, 0.6) is 0 Å². The van der Waals surface area contributed by atoms with Crippen LogP contribution in [0.15, 0.2) is 0 Å². The van der Waals surface area contributed by atoms with Crippen molar-refractivity contribution >= 4 is 11.7 Å². The summed E-state index contributed by atoms with van der Waals surface area (Å²) in [4.78, 5) is 16.2. The number of nitrogens with two attached hydrogens (primary N) is 1. The Labute approximate surface area is 100 Å². The molecule has 0 amide bonds. The normalized spacial score (nSPS) is 15.8. The molecule has 0 atom stereocenters. The molecule has 2 rings (SSSR count). The smallest absolute Gasteiger partial charge is 0.435 e. The second-order valence-electron chi connectivity index (χ2n) is 4.15. The lowest BCUT2D eigenvalue weighted by atomic mass is 10.0. The van der Waals surface area contributed by atoms with E-state index in [1.807, 2.05) is 0 Å². The number of fused-ring (bicyclic) bond motifs is 1. The minimum absolute atomic E-state index is 0.122. The van der Waals surface area contributed by atoms with Crippen LogP contribution in [0.25, 0.3) is 0 Å². The van der Waals surface area contributed by atoms with Gasteiger partial charge in [-0.15, -0.1) is 0 Å². The van der Waals surface area contributed by atoms with Crippen LogP contribution in [-0.2, 0) is 19.3 Å². The standard InChI is InChI=1S/C10H10F3N3O2/c1-16-2-4-5(3-16)15-8(10(11,12)13)7(14)6(4)9(17)18/h2-3,14H2,1H3,(H,17,18). The fourth-order valence-electron chi connectivity index (χ4n) is 2.03. The van der Waals surface area contributed by atoms with Gasteiger partial charge in [-0.2, -0.15) is 13.2 Å². The highest BCUT2D eigenvalue weighted by atomic mass is 19.4. The van der Waals surface area contributed by atoms with E-state index in [-0.39, 0.29) is 24.3 Å². The number of aromatic carboxylic acids is 1. The third-order valence-corrected chi connectivity index (χ3v) is 2.75. The Kier molecular flexibility index (Phi) is 2.69. The summed E-state index contributed by atoms with van der Waals surface area (Å²) in [7, 11) is 1.66. The Balaban J connectivity index is 2.72. The van der Waals surface area contributed by atoms with E-state index >= 15 is 0 Å². The van der Waals surface area contributed by atoms with Crippen molar-refractivity contribution in [1.82, 2.24) is 9.88 Å². The van der Waals surface area contributed by atoms with Crippen molar-refractivity contribution in [2.24, 2.45) is 0 Å². The number of carbonyl (C=O) groups is 1. The van der Waals surface area contributed by atoms with Crippen LogP contribution in [0.4, 0.5) is 18.9 Å². The van der Waals surface area contributed by atoms with Crippen molar-refractivity contribution in [3.63, 3.8) is 0 Å². The Hall–Kier alpha value is -1.83. The molecule has 0 fully saturated rings. The first-order valence-electron chi connectivity index (χ1n) is 5.02. The van der Waals surface area contributed by atoms with Crippen LogP contribution in [0, 0.1) is 0 Å². The van der Waals surface area contributed by atoms with Gasteiger partial charge in [0.2, 0.25) is 0 Å². The van der Waals surface area contributed by atoms with Crippen LogP contribution < -0.4 is 5.73 Å². The molecule has 0 radical (unpaired) electrons. The third-order valence-electron chi connectivity index (χ3n) is 2.75. The zero-order valence-corrected chi connectivity index (χ0v) is 9.38. The molecule has 18 heavy (non-hydrogen) atoms. The predicted molar refractivity (Wildman–Crippen MR) is 55.8 cm³/mol. The number of alkyl halides is 3. The first-order chi connectivity index (χ1) is 8.21. The Bertz CT molecular complexity index is 528. The molecule has 1 aliphatic heterocycles. The lowest BCUT2D eigenvalue weighted by Gasteiger charge is -2.14. The SMILES string of the molecule is CN1Cc2nc(C(F)(F)F)c(N)c(C(=O)O)c2C1. The molecule has 0 spiro atoms. The maximum atomic E-state index is 12.7. The van der Waals surface area contributed by atoms with Crippen LogP contribution in [0.3, 0.4) is 0 Å². The zero-order valence-electron chi connectivity index (χ0n) is 9.38. The number of nitrogen functional groups attached to an aromatic ring is 1. The molecule has 3 N–H and O–H groups in total. The largest absolute Gasteiger partial charge is 0.478 e. The second-order valence-corrected chi connectivity index (χ2v) is 4.15. The monoisotopic (exact) mass is 261 g/mol. The average molecular weight is 261 g/mol. The molecule has 0 aliphatic carbocycles. The fourth-order valence-corrected chi connectivity index (χ4v) is 2.03. The fraction of sp³-hybridized carbons (Fsp3) is 0.400. The minimum atomic E-state index is -4.76. The highest BCUT2D eigenvalue weighted by Crippen LogP contribution is 2.37.